The van der Waals surface area contributed by atoms with E-state index in [1.807, 2.05) is 0 Å². The third kappa shape index (κ3) is 12.4. The zero-order chi connectivity index (χ0) is 26.9. The van der Waals surface area contributed by atoms with Crippen LogP contribution in [0.4, 0.5) is 0 Å². The summed E-state index contributed by atoms with van der Waals surface area (Å²) >= 11 is 0. The number of amides is 2. The topological polar surface area (TPSA) is 129 Å². The van der Waals surface area contributed by atoms with Crippen molar-refractivity contribution in [3.8, 4) is 0 Å². The predicted molar refractivity (Wildman–Crippen MR) is 135 cm³/mol. The van der Waals surface area contributed by atoms with E-state index in [1.165, 1.54) is 0 Å². The van der Waals surface area contributed by atoms with Crippen LogP contribution in [0.3, 0.4) is 0 Å². The molecule has 2 amide bonds. The second-order valence-corrected chi connectivity index (χ2v) is 9.75. The lowest BCUT2D eigenvalue weighted by molar-refractivity contribution is -0.142. The average Bonchev–Trinajstić information content (AvgIpc) is 2.92. The van der Waals surface area contributed by atoms with Gasteiger partial charge in [0.2, 0.25) is 11.8 Å². The van der Waals surface area contributed by atoms with E-state index >= 15 is 0 Å². The summed E-state index contributed by atoms with van der Waals surface area (Å²) < 4.78 is 9.71. The molecule has 0 aromatic carbocycles. The van der Waals surface area contributed by atoms with E-state index in [9.17, 15) is 19.2 Å². The molecule has 2 rings (SSSR count). The van der Waals surface area contributed by atoms with Crippen LogP contribution in [-0.2, 0) is 38.3 Å². The van der Waals surface area contributed by atoms with Crippen molar-refractivity contribution in [3.05, 3.63) is 25.3 Å². The molecule has 0 aromatic heterocycles. The Morgan fingerprint density at radius 3 is 1.35 bits per heavy atom. The lowest BCUT2D eigenvalue weighted by atomic mass is 9.73. The highest BCUT2D eigenvalue weighted by Gasteiger charge is 2.31. The van der Waals surface area contributed by atoms with Gasteiger partial charge in [-0.25, -0.2) is 20.5 Å². The number of ether oxygens (including phenoxy) is 2. The second kappa shape index (κ2) is 17.7. The quantitative estimate of drug-likeness (QED) is 0.137. The van der Waals surface area contributed by atoms with Crippen LogP contribution in [0.25, 0.3) is 0 Å². The van der Waals surface area contributed by atoms with Crippen molar-refractivity contribution >= 4 is 23.8 Å². The summed E-state index contributed by atoms with van der Waals surface area (Å²) in [5.74, 6) is 0.107. The zero-order valence-corrected chi connectivity index (χ0v) is 21.8. The molecule has 0 saturated heterocycles. The van der Waals surface area contributed by atoms with E-state index in [2.05, 4.69) is 24.1 Å². The van der Waals surface area contributed by atoms with Crippen LogP contribution in [0.15, 0.2) is 25.3 Å². The van der Waals surface area contributed by atoms with Crippen LogP contribution in [-0.4, -0.2) is 50.2 Å². The van der Waals surface area contributed by atoms with E-state index < -0.39 is 11.9 Å². The third-order valence-corrected chi connectivity index (χ3v) is 7.05. The smallest absolute Gasteiger partial charge is 0.330 e. The van der Waals surface area contributed by atoms with Gasteiger partial charge in [0.1, 0.15) is 0 Å². The third-order valence-electron chi connectivity index (χ3n) is 7.05. The monoisotopic (exact) mass is 522 g/mol. The highest BCUT2D eigenvalue weighted by molar-refractivity contribution is 5.81. The minimum absolute atomic E-state index is 0.0247. The van der Waals surface area contributed by atoms with E-state index in [1.54, 1.807) is 0 Å². The molecule has 0 aromatic rings. The molecule has 0 heterocycles. The Bertz CT molecular complexity index is 694. The highest BCUT2D eigenvalue weighted by atomic mass is 16.7. The Balaban J connectivity index is 1.50. The van der Waals surface area contributed by atoms with Crippen LogP contribution in [0, 0.1) is 23.7 Å². The van der Waals surface area contributed by atoms with Gasteiger partial charge in [-0.15, -0.1) is 0 Å². The van der Waals surface area contributed by atoms with Crippen LogP contribution < -0.4 is 11.0 Å². The second-order valence-electron chi connectivity index (χ2n) is 9.75. The van der Waals surface area contributed by atoms with Crippen molar-refractivity contribution in [2.45, 2.75) is 70.6 Å². The van der Waals surface area contributed by atoms with Gasteiger partial charge in [-0.3, -0.25) is 19.3 Å². The SMILES string of the molecule is C=CC(=O)OCCCONC(=O)C1CCC(CC2CCC(C(=O)NOCCCOC(=O)C=C)CC2)CC1. The van der Waals surface area contributed by atoms with Crippen LogP contribution in [0.5, 0.6) is 0 Å². The molecule has 10 nitrogen and oxygen atoms in total. The molecule has 2 aliphatic rings. The first kappa shape index (κ1) is 30.5. The molecule has 0 aliphatic heterocycles. The van der Waals surface area contributed by atoms with Gasteiger partial charge in [-0.05, 0) is 69.6 Å². The van der Waals surface area contributed by atoms with E-state index in [0.29, 0.717) is 24.7 Å². The number of rotatable bonds is 16. The molecule has 2 aliphatic carbocycles. The lowest BCUT2D eigenvalue weighted by Crippen LogP contribution is -2.35. The van der Waals surface area contributed by atoms with E-state index in [0.717, 1.165) is 69.9 Å². The maximum atomic E-state index is 12.3. The summed E-state index contributed by atoms with van der Waals surface area (Å²) in [7, 11) is 0. The molecule has 2 saturated carbocycles. The summed E-state index contributed by atoms with van der Waals surface area (Å²) in [6.07, 6.45) is 11.9. The van der Waals surface area contributed by atoms with Gasteiger partial charge >= 0.3 is 11.9 Å². The van der Waals surface area contributed by atoms with E-state index in [-0.39, 0.29) is 50.1 Å². The number of carbonyl (C=O) groups is 4. The first-order valence-corrected chi connectivity index (χ1v) is 13.3. The van der Waals surface area contributed by atoms with Gasteiger partial charge in [-0.2, -0.15) is 0 Å². The van der Waals surface area contributed by atoms with Gasteiger partial charge in [0.15, 0.2) is 0 Å². The first-order chi connectivity index (χ1) is 17.9. The molecule has 10 heteroatoms. The molecule has 0 unspecified atom stereocenters. The minimum atomic E-state index is -0.470. The molecule has 0 atom stereocenters. The Kier molecular flexibility index (Phi) is 14.6. The first-order valence-electron chi connectivity index (χ1n) is 13.3. The van der Waals surface area contributed by atoms with Gasteiger partial charge < -0.3 is 9.47 Å². The standard InChI is InChI=1S/C27H42N2O8/c1-3-24(30)34-15-5-17-36-28-26(32)22-11-7-20(8-12-22)19-21-9-13-23(14-10-21)27(33)29-37-18-6-16-35-25(31)4-2/h3-4,20-23H,1-2,5-19H2,(H,28,32)(H,29,33). The summed E-state index contributed by atoms with van der Waals surface area (Å²) in [6.45, 7) is 7.67. The van der Waals surface area contributed by atoms with Gasteiger partial charge in [0.05, 0.1) is 26.4 Å². The Morgan fingerprint density at radius 1 is 0.622 bits per heavy atom. The van der Waals surface area contributed by atoms with Crippen molar-refractivity contribution in [1.82, 2.24) is 11.0 Å². The van der Waals surface area contributed by atoms with Crippen LogP contribution in [0.1, 0.15) is 70.6 Å². The summed E-state index contributed by atoms with van der Waals surface area (Å²) in [5, 5.41) is 0. The maximum Gasteiger partial charge on any atom is 0.330 e. The molecule has 37 heavy (non-hydrogen) atoms. The molecule has 2 N–H and O–H groups in total. The van der Waals surface area contributed by atoms with Gasteiger partial charge in [0.25, 0.3) is 0 Å². The number of nitrogens with one attached hydrogen (secondary N) is 2. The van der Waals surface area contributed by atoms with Crippen molar-refractivity contribution in [1.29, 1.82) is 0 Å². The predicted octanol–water partition coefficient (Wildman–Crippen LogP) is 3.32. The number of hydroxylamine groups is 2. The fourth-order valence-electron chi connectivity index (χ4n) is 4.93. The Hall–Kier alpha value is -2.72. The molecule has 208 valence electrons. The molecule has 0 spiro atoms. The molecular weight excluding hydrogens is 480 g/mol. The zero-order valence-electron chi connectivity index (χ0n) is 21.8. The molecule has 0 radical (unpaired) electrons. The Labute approximate surface area is 219 Å². The van der Waals surface area contributed by atoms with E-state index in [4.69, 9.17) is 19.1 Å². The van der Waals surface area contributed by atoms with Crippen molar-refractivity contribution < 1.29 is 38.3 Å². The molecular formula is C27H42N2O8. The lowest BCUT2D eigenvalue weighted by Gasteiger charge is -2.33. The maximum absolute atomic E-state index is 12.3. The summed E-state index contributed by atoms with van der Waals surface area (Å²) in [6, 6.07) is 0. The normalized spacial score (nSPS) is 23.4. The number of esters is 2. The van der Waals surface area contributed by atoms with Crippen molar-refractivity contribution in [3.63, 3.8) is 0 Å². The van der Waals surface area contributed by atoms with Gasteiger partial charge in [0, 0.05) is 36.8 Å². The summed E-state index contributed by atoms with van der Waals surface area (Å²) in [5.41, 5.74) is 5.05. The van der Waals surface area contributed by atoms with Crippen LogP contribution >= 0.6 is 0 Å². The summed E-state index contributed by atoms with van der Waals surface area (Å²) in [4.78, 5) is 57.0. The molecule has 0 bridgehead atoms. The fraction of sp³-hybridized carbons (Fsp3) is 0.704. The average molecular weight is 523 g/mol. The molecule has 2 fully saturated rings. The minimum Gasteiger partial charge on any atom is -0.462 e. The Morgan fingerprint density at radius 2 is 1.00 bits per heavy atom. The number of carbonyl (C=O) groups excluding carboxylic acids is 4. The number of hydrogen-bond acceptors (Lipinski definition) is 8. The fourth-order valence-corrected chi connectivity index (χ4v) is 4.93. The van der Waals surface area contributed by atoms with Crippen molar-refractivity contribution in [2.24, 2.45) is 23.7 Å². The number of hydrogen-bond donors (Lipinski definition) is 2. The highest BCUT2D eigenvalue weighted by Crippen LogP contribution is 2.38. The van der Waals surface area contributed by atoms with Gasteiger partial charge in [-0.1, -0.05) is 13.2 Å². The van der Waals surface area contributed by atoms with Crippen molar-refractivity contribution in [2.75, 3.05) is 26.4 Å². The largest absolute Gasteiger partial charge is 0.462 e. The van der Waals surface area contributed by atoms with Crippen LogP contribution in [0.2, 0.25) is 0 Å².